The first-order valence-corrected chi connectivity index (χ1v) is 8.32. The van der Waals surface area contributed by atoms with Gasteiger partial charge in [0.2, 0.25) is 0 Å². The van der Waals surface area contributed by atoms with Crippen molar-refractivity contribution >= 4 is 45.6 Å². The van der Waals surface area contributed by atoms with Crippen molar-refractivity contribution in [2.75, 3.05) is 5.32 Å². The van der Waals surface area contributed by atoms with Gasteiger partial charge in [-0.3, -0.25) is 10.1 Å². The van der Waals surface area contributed by atoms with Crippen LogP contribution in [0.1, 0.15) is 16.2 Å². The molecule has 2 aromatic heterocycles. The highest BCUT2D eigenvalue weighted by molar-refractivity contribution is 7.14. The minimum Gasteiger partial charge on any atom is -0.296 e. The van der Waals surface area contributed by atoms with Gasteiger partial charge < -0.3 is 0 Å². The van der Waals surface area contributed by atoms with Crippen molar-refractivity contribution in [2.24, 2.45) is 0 Å². The minimum absolute atomic E-state index is 0.295. The third-order valence-electron chi connectivity index (χ3n) is 3.05. The van der Waals surface area contributed by atoms with E-state index < -0.39 is 0 Å². The van der Waals surface area contributed by atoms with Gasteiger partial charge in [0.25, 0.3) is 5.91 Å². The largest absolute Gasteiger partial charge is 0.296 e. The Kier molecular flexibility index (Phi) is 4.61. The molecule has 0 unspecified atom stereocenters. The Bertz CT molecular complexity index is 879. The number of thiazole rings is 1. The number of amides is 1. The summed E-state index contributed by atoms with van der Waals surface area (Å²) < 4.78 is 0. The second-order valence-corrected chi connectivity index (χ2v) is 6.48. The van der Waals surface area contributed by atoms with E-state index in [2.05, 4.69) is 15.3 Å². The average molecular weight is 364 g/mol. The zero-order chi connectivity index (χ0) is 16.4. The molecule has 1 amide bonds. The standard InChI is InChI=1S/C16H11Cl2N3OS/c1-9-3-2-4-13(19-9)15(22)21-16-20-14(8-23-16)11-6-5-10(17)7-12(11)18/h2-8H,1H3,(H,20,21,22). The molecule has 0 atom stereocenters. The zero-order valence-electron chi connectivity index (χ0n) is 12.0. The van der Waals surface area contributed by atoms with Crippen LogP contribution in [0.25, 0.3) is 11.3 Å². The molecule has 23 heavy (non-hydrogen) atoms. The summed E-state index contributed by atoms with van der Waals surface area (Å²) in [7, 11) is 0. The van der Waals surface area contributed by atoms with Gasteiger partial charge in [-0.25, -0.2) is 9.97 Å². The molecule has 0 aliphatic carbocycles. The van der Waals surface area contributed by atoms with E-state index in [-0.39, 0.29) is 5.91 Å². The van der Waals surface area contributed by atoms with Gasteiger partial charge in [0, 0.05) is 21.7 Å². The third kappa shape index (κ3) is 3.69. The Hall–Kier alpha value is -1.95. The summed E-state index contributed by atoms with van der Waals surface area (Å²) >= 11 is 13.4. The van der Waals surface area contributed by atoms with Gasteiger partial charge in [-0.1, -0.05) is 29.3 Å². The summed E-state index contributed by atoms with van der Waals surface area (Å²) in [6.07, 6.45) is 0. The number of nitrogens with one attached hydrogen (secondary N) is 1. The topological polar surface area (TPSA) is 54.9 Å². The molecular weight excluding hydrogens is 353 g/mol. The molecule has 3 aromatic rings. The van der Waals surface area contributed by atoms with Gasteiger partial charge in [-0.15, -0.1) is 11.3 Å². The van der Waals surface area contributed by atoms with Gasteiger partial charge in [0.05, 0.1) is 10.7 Å². The van der Waals surface area contributed by atoms with Crippen molar-refractivity contribution in [3.63, 3.8) is 0 Å². The Morgan fingerprint density at radius 2 is 2.00 bits per heavy atom. The summed E-state index contributed by atoms with van der Waals surface area (Å²) in [5.41, 5.74) is 2.59. The molecule has 116 valence electrons. The van der Waals surface area contributed by atoms with E-state index in [0.29, 0.717) is 26.6 Å². The molecule has 0 spiro atoms. The summed E-state index contributed by atoms with van der Waals surface area (Å²) in [6, 6.07) is 10.5. The quantitative estimate of drug-likeness (QED) is 0.706. The van der Waals surface area contributed by atoms with Crippen LogP contribution in [0.15, 0.2) is 41.8 Å². The van der Waals surface area contributed by atoms with E-state index in [9.17, 15) is 4.79 Å². The Morgan fingerprint density at radius 1 is 1.17 bits per heavy atom. The lowest BCUT2D eigenvalue weighted by atomic mass is 10.2. The highest BCUT2D eigenvalue weighted by atomic mass is 35.5. The SMILES string of the molecule is Cc1cccc(C(=O)Nc2nc(-c3ccc(Cl)cc3Cl)cs2)n1. The number of nitrogens with zero attached hydrogens (tertiary/aromatic N) is 2. The third-order valence-corrected chi connectivity index (χ3v) is 4.36. The first-order valence-electron chi connectivity index (χ1n) is 6.69. The molecule has 0 aliphatic heterocycles. The Labute approximate surface area is 147 Å². The maximum Gasteiger partial charge on any atom is 0.276 e. The summed E-state index contributed by atoms with van der Waals surface area (Å²) in [6.45, 7) is 1.83. The summed E-state index contributed by atoms with van der Waals surface area (Å²) in [5.74, 6) is -0.295. The highest BCUT2D eigenvalue weighted by Crippen LogP contribution is 2.32. The molecule has 0 bridgehead atoms. The fourth-order valence-electron chi connectivity index (χ4n) is 1.98. The van der Waals surface area contributed by atoms with Crippen LogP contribution in [-0.2, 0) is 0 Å². The predicted octanol–water partition coefficient (Wildman–Crippen LogP) is 5.07. The van der Waals surface area contributed by atoms with E-state index in [0.717, 1.165) is 11.3 Å². The summed E-state index contributed by atoms with van der Waals surface area (Å²) in [5, 5.41) is 6.13. The number of hydrogen-bond donors (Lipinski definition) is 1. The van der Waals surface area contributed by atoms with Gasteiger partial charge in [0.1, 0.15) is 5.69 Å². The van der Waals surface area contributed by atoms with E-state index >= 15 is 0 Å². The molecule has 2 heterocycles. The van der Waals surface area contributed by atoms with E-state index in [1.165, 1.54) is 11.3 Å². The predicted molar refractivity (Wildman–Crippen MR) is 94.5 cm³/mol. The monoisotopic (exact) mass is 363 g/mol. The van der Waals surface area contributed by atoms with E-state index in [4.69, 9.17) is 23.2 Å². The zero-order valence-corrected chi connectivity index (χ0v) is 14.3. The number of aromatic nitrogens is 2. The average Bonchev–Trinajstić information content (AvgIpc) is 2.95. The first-order chi connectivity index (χ1) is 11.0. The number of carbonyl (C=O) groups excluding carboxylic acids is 1. The smallest absolute Gasteiger partial charge is 0.276 e. The van der Waals surface area contributed by atoms with Gasteiger partial charge >= 0.3 is 0 Å². The normalized spacial score (nSPS) is 10.6. The number of halogens is 2. The first kappa shape index (κ1) is 15.9. The van der Waals surface area contributed by atoms with Crippen LogP contribution in [0.2, 0.25) is 10.0 Å². The van der Waals surface area contributed by atoms with Crippen molar-refractivity contribution < 1.29 is 4.79 Å². The van der Waals surface area contributed by atoms with Crippen LogP contribution < -0.4 is 5.32 Å². The van der Waals surface area contributed by atoms with Crippen LogP contribution in [0.4, 0.5) is 5.13 Å². The van der Waals surface area contributed by atoms with E-state index in [1.807, 2.05) is 18.4 Å². The molecule has 1 N–H and O–H groups in total. The molecule has 0 saturated heterocycles. The van der Waals surface area contributed by atoms with Gasteiger partial charge in [0.15, 0.2) is 5.13 Å². The number of carbonyl (C=O) groups is 1. The molecule has 0 aliphatic rings. The number of pyridine rings is 1. The van der Waals surface area contributed by atoms with Crippen LogP contribution in [0.5, 0.6) is 0 Å². The van der Waals surface area contributed by atoms with Crippen molar-refractivity contribution in [2.45, 2.75) is 6.92 Å². The van der Waals surface area contributed by atoms with Crippen molar-refractivity contribution in [1.29, 1.82) is 0 Å². The molecule has 4 nitrogen and oxygen atoms in total. The van der Waals surface area contributed by atoms with Crippen molar-refractivity contribution in [3.8, 4) is 11.3 Å². The molecule has 7 heteroatoms. The van der Waals surface area contributed by atoms with Gasteiger partial charge in [-0.2, -0.15) is 0 Å². The fourth-order valence-corrected chi connectivity index (χ4v) is 3.19. The summed E-state index contributed by atoms with van der Waals surface area (Å²) in [4.78, 5) is 20.8. The molecule has 3 rings (SSSR count). The lowest BCUT2D eigenvalue weighted by Gasteiger charge is -2.02. The maximum atomic E-state index is 12.2. The second-order valence-electron chi connectivity index (χ2n) is 4.78. The van der Waals surface area contributed by atoms with Crippen molar-refractivity contribution in [1.82, 2.24) is 9.97 Å². The van der Waals surface area contributed by atoms with Crippen LogP contribution in [0.3, 0.4) is 0 Å². The number of benzene rings is 1. The Morgan fingerprint density at radius 3 is 2.74 bits per heavy atom. The number of aryl methyl sites for hydroxylation is 1. The maximum absolute atomic E-state index is 12.2. The molecule has 0 radical (unpaired) electrons. The van der Waals surface area contributed by atoms with Crippen LogP contribution >= 0.6 is 34.5 Å². The van der Waals surface area contributed by atoms with Crippen LogP contribution in [0, 0.1) is 6.92 Å². The molecule has 0 saturated carbocycles. The highest BCUT2D eigenvalue weighted by Gasteiger charge is 2.12. The molecule has 1 aromatic carbocycles. The number of hydrogen-bond acceptors (Lipinski definition) is 4. The van der Waals surface area contributed by atoms with Crippen LogP contribution in [-0.4, -0.2) is 15.9 Å². The Balaban J connectivity index is 1.81. The fraction of sp³-hybridized carbons (Fsp3) is 0.0625. The lowest BCUT2D eigenvalue weighted by molar-refractivity contribution is 0.102. The molecular formula is C16H11Cl2N3OS. The van der Waals surface area contributed by atoms with Gasteiger partial charge in [-0.05, 0) is 37.3 Å². The minimum atomic E-state index is -0.295. The van der Waals surface area contributed by atoms with Crippen molar-refractivity contribution in [3.05, 3.63) is 63.2 Å². The van der Waals surface area contributed by atoms with E-state index in [1.54, 1.807) is 30.3 Å². The number of anilines is 1. The number of rotatable bonds is 3. The second kappa shape index (κ2) is 6.66. The molecule has 0 fully saturated rings. The lowest BCUT2D eigenvalue weighted by Crippen LogP contribution is -2.13.